The number of rotatable bonds is 10. The number of carbonyl (C=O) groups is 1. The highest BCUT2D eigenvalue weighted by Crippen LogP contribution is 2.39. The van der Waals surface area contributed by atoms with E-state index >= 15 is 0 Å². The van der Waals surface area contributed by atoms with E-state index in [2.05, 4.69) is 25.3 Å². The van der Waals surface area contributed by atoms with Crippen molar-refractivity contribution < 1.29 is 28.9 Å². The van der Waals surface area contributed by atoms with Crippen molar-refractivity contribution in [1.82, 2.24) is 14.5 Å². The zero-order valence-corrected chi connectivity index (χ0v) is 18.2. The number of aliphatic hydroxyl groups excluding tert-OH is 2. The van der Waals surface area contributed by atoms with E-state index in [0.717, 1.165) is 21.2 Å². The number of ether oxygens (including phenoxy) is 2. The summed E-state index contributed by atoms with van der Waals surface area (Å²) < 4.78 is 25.6. The van der Waals surface area contributed by atoms with Crippen molar-refractivity contribution in [1.29, 1.82) is 0 Å². The number of alkyl halides is 1. The molecule has 3 aromatic rings. The van der Waals surface area contributed by atoms with Crippen LogP contribution in [0.4, 0.5) is 10.2 Å². The summed E-state index contributed by atoms with van der Waals surface area (Å²) in [5, 5.41) is 26.8. The van der Waals surface area contributed by atoms with E-state index in [0.29, 0.717) is 12.9 Å². The second-order valence-corrected chi connectivity index (χ2v) is 7.95. The summed E-state index contributed by atoms with van der Waals surface area (Å²) in [6.07, 6.45) is -4.27. The van der Waals surface area contributed by atoms with Gasteiger partial charge in [-0.05, 0) is 29.1 Å². The Kier molecular flexibility index (Phi) is 6.98. The number of nitrogens with one attached hydrogen (secondary N) is 2. The molecule has 1 aliphatic heterocycles. The Labute approximate surface area is 196 Å². The van der Waals surface area contributed by atoms with Crippen LogP contribution in [-0.4, -0.2) is 68.5 Å². The van der Waals surface area contributed by atoms with E-state index < -0.39 is 42.6 Å². The van der Waals surface area contributed by atoms with Crippen LogP contribution in [0.1, 0.15) is 11.9 Å². The van der Waals surface area contributed by atoms with Gasteiger partial charge in [0.2, 0.25) is 5.72 Å². The first-order chi connectivity index (χ1) is 16.9. The van der Waals surface area contributed by atoms with E-state index in [4.69, 9.17) is 15.0 Å². The highest BCUT2D eigenvalue weighted by molar-refractivity contribution is 5.80. The fraction of sp³-hybridized carbons (Fsp3) is 0.381. The molecule has 3 heterocycles. The SMILES string of the molecule is [N-]=[N+]=N[C@]1(CO)OC(n2ccc(N[C@H](COC=O)Cc3cc4ccccc4[nH]3)nc2=O)[C@@H](F)C1O. The summed E-state index contributed by atoms with van der Waals surface area (Å²) in [6.45, 7) is -0.699. The Morgan fingerprint density at radius 3 is 2.94 bits per heavy atom. The van der Waals surface area contributed by atoms with Crippen LogP contribution < -0.4 is 11.0 Å². The Morgan fingerprint density at radius 1 is 1.46 bits per heavy atom. The maximum absolute atomic E-state index is 14.7. The second kappa shape index (κ2) is 10.1. The lowest BCUT2D eigenvalue weighted by Gasteiger charge is -2.23. The molecule has 0 saturated carbocycles. The zero-order chi connectivity index (χ0) is 25.0. The summed E-state index contributed by atoms with van der Waals surface area (Å²) in [4.78, 5) is 33.0. The Bertz CT molecular complexity index is 1280. The summed E-state index contributed by atoms with van der Waals surface area (Å²) in [7, 11) is 0. The van der Waals surface area contributed by atoms with Crippen LogP contribution in [0.2, 0.25) is 0 Å². The topological polar surface area (TPSA) is 187 Å². The highest BCUT2D eigenvalue weighted by Gasteiger charge is 2.56. The summed E-state index contributed by atoms with van der Waals surface area (Å²) in [6, 6.07) is 10.6. The third kappa shape index (κ3) is 4.81. The molecule has 4 rings (SSSR count). The maximum Gasteiger partial charge on any atom is 0.351 e. The molecule has 184 valence electrons. The van der Waals surface area contributed by atoms with Gasteiger partial charge in [-0.1, -0.05) is 23.3 Å². The number of para-hydroxylation sites is 1. The lowest BCUT2D eigenvalue weighted by molar-refractivity contribution is -0.129. The molecule has 0 spiro atoms. The second-order valence-electron chi connectivity index (χ2n) is 7.95. The van der Waals surface area contributed by atoms with Crippen molar-refractivity contribution >= 4 is 23.2 Å². The molecular formula is C21H22FN7O6. The average molecular weight is 487 g/mol. The number of aromatic nitrogens is 3. The first kappa shape index (κ1) is 24.2. The van der Waals surface area contributed by atoms with Crippen molar-refractivity contribution in [2.45, 2.75) is 36.7 Å². The maximum atomic E-state index is 14.7. The van der Waals surface area contributed by atoms with Gasteiger partial charge in [0.1, 0.15) is 18.5 Å². The van der Waals surface area contributed by atoms with Gasteiger partial charge in [0, 0.05) is 28.7 Å². The van der Waals surface area contributed by atoms with Gasteiger partial charge in [0.05, 0.1) is 12.6 Å². The van der Waals surface area contributed by atoms with Crippen LogP contribution in [0.3, 0.4) is 0 Å². The number of halogens is 1. The number of carbonyl (C=O) groups excluding carboxylic acids is 1. The van der Waals surface area contributed by atoms with Gasteiger partial charge in [-0.3, -0.25) is 9.36 Å². The molecule has 13 nitrogen and oxygen atoms in total. The molecule has 0 radical (unpaired) electrons. The summed E-state index contributed by atoms with van der Waals surface area (Å²) in [5.74, 6) is 0.124. The minimum absolute atomic E-state index is 0.0146. The van der Waals surface area contributed by atoms with Gasteiger partial charge in [-0.2, -0.15) is 4.98 Å². The average Bonchev–Trinajstić information content (AvgIpc) is 3.37. The van der Waals surface area contributed by atoms with Gasteiger partial charge >= 0.3 is 5.69 Å². The first-order valence-electron chi connectivity index (χ1n) is 10.6. The molecule has 2 unspecified atom stereocenters. The molecule has 35 heavy (non-hydrogen) atoms. The largest absolute Gasteiger partial charge is 0.466 e. The zero-order valence-electron chi connectivity index (χ0n) is 18.2. The number of anilines is 1. The molecular weight excluding hydrogens is 465 g/mol. The Hall–Kier alpha value is -3.97. The van der Waals surface area contributed by atoms with Crippen LogP contribution >= 0.6 is 0 Å². The molecule has 14 heteroatoms. The van der Waals surface area contributed by atoms with E-state index in [1.165, 1.54) is 12.3 Å². The molecule has 5 atom stereocenters. The first-order valence-corrected chi connectivity index (χ1v) is 10.6. The third-order valence-corrected chi connectivity index (χ3v) is 5.68. The summed E-state index contributed by atoms with van der Waals surface area (Å²) in [5.41, 5.74) is 7.28. The molecule has 0 amide bonds. The molecule has 0 aliphatic carbocycles. The molecule has 1 aliphatic rings. The lowest BCUT2D eigenvalue weighted by atomic mass is 10.1. The van der Waals surface area contributed by atoms with Crippen LogP contribution in [0.15, 0.2) is 52.5 Å². The Balaban J connectivity index is 1.53. The smallest absolute Gasteiger partial charge is 0.351 e. The number of aromatic amines is 1. The van der Waals surface area contributed by atoms with E-state index in [1.54, 1.807) is 0 Å². The predicted octanol–water partition coefficient (Wildman–Crippen LogP) is 1.15. The predicted molar refractivity (Wildman–Crippen MR) is 120 cm³/mol. The fourth-order valence-electron chi connectivity index (χ4n) is 3.99. The van der Waals surface area contributed by atoms with Crippen LogP contribution in [0.5, 0.6) is 0 Å². The van der Waals surface area contributed by atoms with Crippen LogP contribution in [0.25, 0.3) is 21.3 Å². The lowest BCUT2D eigenvalue weighted by Crippen LogP contribution is -2.43. The van der Waals surface area contributed by atoms with E-state index in [-0.39, 0.29) is 12.4 Å². The van der Waals surface area contributed by atoms with Gasteiger partial charge in [0.15, 0.2) is 12.4 Å². The third-order valence-electron chi connectivity index (χ3n) is 5.68. The monoisotopic (exact) mass is 487 g/mol. The van der Waals surface area contributed by atoms with E-state index in [9.17, 15) is 24.2 Å². The van der Waals surface area contributed by atoms with E-state index in [1.807, 2.05) is 30.3 Å². The number of nitrogens with zero attached hydrogens (tertiary/aromatic N) is 5. The highest BCUT2D eigenvalue weighted by atomic mass is 19.1. The number of aliphatic hydroxyl groups is 2. The summed E-state index contributed by atoms with van der Waals surface area (Å²) >= 11 is 0. The molecule has 1 aromatic carbocycles. The number of azide groups is 1. The van der Waals surface area contributed by atoms with Crippen LogP contribution in [0, 0.1) is 0 Å². The minimum Gasteiger partial charge on any atom is -0.466 e. The molecule has 1 saturated heterocycles. The van der Waals surface area contributed by atoms with Crippen molar-refractivity contribution in [3.8, 4) is 0 Å². The molecule has 4 N–H and O–H groups in total. The van der Waals surface area contributed by atoms with Crippen molar-refractivity contribution in [2.24, 2.45) is 5.11 Å². The van der Waals surface area contributed by atoms with Crippen molar-refractivity contribution in [3.05, 3.63) is 69.2 Å². The quantitative estimate of drug-likeness (QED) is 0.142. The fourth-order valence-corrected chi connectivity index (χ4v) is 3.99. The molecule has 2 aromatic heterocycles. The molecule has 0 bridgehead atoms. The Morgan fingerprint density at radius 2 is 2.26 bits per heavy atom. The minimum atomic E-state index is -2.27. The number of H-pyrrole nitrogens is 1. The van der Waals surface area contributed by atoms with Gasteiger partial charge in [-0.25, -0.2) is 9.18 Å². The van der Waals surface area contributed by atoms with Crippen molar-refractivity contribution in [3.63, 3.8) is 0 Å². The van der Waals surface area contributed by atoms with Crippen LogP contribution in [-0.2, 0) is 20.7 Å². The number of benzene rings is 1. The van der Waals surface area contributed by atoms with Gasteiger partial charge in [0.25, 0.3) is 6.47 Å². The number of hydrogen-bond acceptors (Lipinski definition) is 9. The normalized spacial score (nSPS) is 24.6. The number of hydrogen-bond donors (Lipinski definition) is 4. The van der Waals surface area contributed by atoms with Gasteiger partial charge in [-0.15, -0.1) is 0 Å². The number of fused-ring (bicyclic) bond motifs is 1. The molecule has 1 fully saturated rings. The van der Waals surface area contributed by atoms with Crippen molar-refractivity contribution in [2.75, 3.05) is 18.5 Å². The standard InChI is InChI=1S/C21H22FN7O6/c22-17-18(32)21(10-30,27-28-23)35-19(17)29-6-5-16(26-20(29)33)25-14(9-34-11-31)8-13-7-12-3-1-2-4-15(12)24-13/h1-7,11,14,17-19,24,30,32H,8-10H2,(H,25,26,33)/t14-,17-,18?,19?,21+/m0/s1. The van der Waals surface area contributed by atoms with Gasteiger partial charge < -0.3 is 30.0 Å².